The Morgan fingerprint density at radius 3 is 0.797 bits per heavy atom. The molecule has 0 bridgehead atoms. The Morgan fingerprint density at radius 1 is 0.281 bits per heavy atom. The minimum atomic E-state index is -3.42. The summed E-state index contributed by atoms with van der Waals surface area (Å²) in [4.78, 5) is 0. The van der Waals surface area contributed by atoms with Crippen LogP contribution in [0.4, 0.5) is 0 Å². The number of hydrogen-bond acceptors (Lipinski definition) is 0. The van der Waals surface area contributed by atoms with Crippen LogP contribution in [0.3, 0.4) is 0 Å². The number of allylic oxidation sites excluding steroid dienone is 4. The van der Waals surface area contributed by atoms with Crippen LogP contribution in [0.25, 0.3) is 66.8 Å². The lowest BCUT2D eigenvalue weighted by Gasteiger charge is -2.42. The molecule has 0 saturated heterocycles. The molecule has 0 N–H and O–H groups in total. The zero-order valence-electron chi connectivity index (χ0n) is 37.1. The summed E-state index contributed by atoms with van der Waals surface area (Å²) >= 11 is 0. The fourth-order valence-corrected chi connectivity index (χ4v) is 16.7. The predicted octanol–water partition coefficient (Wildman–Crippen LogP) is 15.0. The van der Waals surface area contributed by atoms with E-state index in [2.05, 4.69) is 264 Å². The van der Waals surface area contributed by atoms with Gasteiger partial charge >= 0.3 is 0 Å². The van der Waals surface area contributed by atoms with Gasteiger partial charge in [-0.25, -0.2) is 0 Å². The Morgan fingerprint density at radius 2 is 0.547 bits per heavy atom. The molecule has 1 atom stereocenters. The van der Waals surface area contributed by atoms with Gasteiger partial charge in [0.25, 0.3) is 0 Å². The molecule has 10 rings (SSSR count). The lowest BCUT2D eigenvalue weighted by atomic mass is 9.98. The van der Waals surface area contributed by atoms with Gasteiger partial charge in [0, 0.05) is 0 Å². The number of hydrogen-bond donors (Lipinski definition) is 0. The van der Waals surface area contributed by atoms with Gasteiger partial charge in [-0.3, -0.25) is 0 Å². The van der Waals surface area contributed by atoms with Crippen molar-refractivity contribution >= 4 is 23.6 Å². The van der Waals surface area contributed by atoms with Crippen molar-refractivity contribution in [1.82, 2.24) is 0 Å². The van der Waals surface area contributed by atoms with Crippen molar-refractivity contribution in [2.24, 2.45) is 5.92 Å². The molecule has 9 aromatic rings. The molecule has 0 amide bonds. The highest BCUT2D eigenvalue weighted by Gasteiger charge is 2.51. The highest BCUT2D eigenvalue weighted by Crippen LogP contribution is 2.45. The smallest absolute Gasteiger partial charge is 0.0636 e. The van der Waals surface area contributed by atoms with Gasteiger partial charge in [-0.05, 0) is 133 Å². The number of rotatable bonds is 10. The van der Waals surface area contributed by atoms with Gasteiger partial charge in [0.15, 0.2) is 8.07 Å². The third-order valence-electron chi connectivity index (χ3n) is 13.9. The summed E-state index contributed by atoms with van der Waals surface area (Å²) in [7, 11) is -3.42. The van der Waals surface area contributed by atoms with Crippen LogP contribution in [0.2, 0.25) is 0 Å². The molecular weight excluding hydrogens is 785 g/mol. The highest BCUT2D eigenvalue weighted by atomic mass is 28.3. The summed E-state index contributed by atoms with van der Waals surface area (Å²) in [5.41, 5.74) is 19.1. The molecule has 1 heteroatoms. The summed E-state index contributed by atoms with van der Waals surface area (Å²) in [5, 5.41) is 5.76. The largest absolute Gasteiger partial charge is 0.178 e. The maximum absolute atomic E-state index is 3.42. The van der Waals surface area contributed by atoms with Crippen LogP contribution < -0.4 is 15.6 Å². The summed E-state index contributed by atoms with van der Waals surface area (Å²) < 4.78 is 0. The van der Waals surface area contributed by atoms with Crippen LogP contribution >= 0.6 is 0 Å². The van der Waals surface area contributed by atoms with Gasteiger partial charge in [-0.1, -0.05) is 242 Å². The molecule has 9 aromatic carbocycles. The van der Waals surface area contributed by atoms with E-state index in [-0.39, 0.29) is 5.92 Å². The monoisotopic (exact) mass is 836 g/mol. The van der Waals surface area contributed by atoms with Gasteiger partial charge in [-0.15, -0.1) is 0 Å². The molecule has 0 saturated carbocycles. The van der Waals surface area contributed by atoms with E-state index in [4.69, 9.17) is 0 Å². The standard InChI is InChI=1S/C63H52Si/c1-44-45(2)47(4)63(46(44)3)64(60-38-35-54(48-23-11-5-12-24-48)41-57(60)51-29-17-8-18-30-51,61-39-36-55(49-25-13-6-14-26-49)42-58(61)52-31-19-9-20-32-52)62-40-37-56(50-27-15-7-16-28-50)43-59(62)53-33-21-10-22-34-53/h5-43,46H,1-4H3. The average molecular weight is 837 g/mol. The lowest BCUT2D eigenvalue weighted by molar-refractivity contribution is 0.852. The summed E-state index contributed by atoms with van der Waals surface area (Å²) in [5.74, 6) is 0.207. The van der Waals surface area contributed by atoms with Crippen molar-refractivity contribution in [3.8, 4) is 66.8 Å². The van der Waals surface area contributed by atoms with Crippen LogP contribution in [0.1, 0.15) is 27.7 Å². The van der Waals surface area contributed by atoms with Crippen LogP contribution in [0, 0.1) is 5.92 Å². The second-order valence-electron chi connectivity index (χ2n) is 17.3. The van der Waals surface area contributed by atoms with E-state index in [1.54, 1.807) is 5.20 Å². The van der Waals surface area contributed by atoms with E-state index in [1.807, 2.05) is 0 Å². The van der Waals surface area contributed by atoms with Crippen LogP contribution in [-0.4, -0.2) is 8.07 Å². The van der Waals surface area contributed by atoms with Gasteiger partial charge in [-0.2, -0.15) is 0 Å². The second kappa shape index (κ2) is 17.4. The molecule has 0 nitrogen and oxygen atoms in total. The second-order valence-corrected chi connectivity index (χ2v) is 21.0. The van der Waals surface area contributed by atoms with Gasteiger partial charge < -0.3 is 0 Å². The molecule has 64 heavy (non-hydrogen) atoms. The first kappa shape index (κ1) is 40.7. The maximum Gasteiger partial charge on any atom is 0.178 e. The maximum atomic E-state index is 2.53. The third kappa shape index (κ3) is 7.22. The Balaban J connectivity index is 1.44. The quantitative estimate of drug-likeness (QED) is 0.0951. The van der Waals surface area contributed by atoms with Crippen LogP contribution in [-0.2, 0) is 0 Å². The Bertz CT molecular complexity index is 2840. The first-order valence-electron chi connectivity index (χ1n) is 22.6. The molecule has 0 heterocycles. The molecular formula is C63H52Si. The first-order chi connectivity index (χ1) is 31.4. The van der Waals surface area contributed by atoms with Crippen molar-refractivity contribution in [3.63, 3.8) is 0 Å². The Kier molecular flexibility index (Phi) is 11.1. The molecule has 0 spiro atoms. The van der Waals surface area contributed by atoms with Crippen molar-refractivity contribution in [3.05, 3.63) is 259 Å². The normalized spacial score (nSPS) is 14.0. The van der Waals surface area contributed by atoms with E-state index in [0.717, 1.165) is 0 Å². The average Bonchev–Trinajstić information content (AvgIpc) is 3.57. The minimum Gasteiger partial charge on any atom is -0.0636 e. The molecule has 0 aliphatic heterocycles. The summed E-state index contributed by atoms with van der Waals surface area (Å²) in [6.45, 7) is 9.63. The molecule has 1 aliphatic rings. The van der Waals surface area contributed by atoms with Crippen LogP contribution in [0.5, 0.6) is 0 Å². The zero-order valence-corrected chi connectivity index (χ0v) is 38.1. The van der Waals surface area contributed by atoms with Crippen molar-refractivity contribution < 1.29 is 0 Å². The van der Waals surface area contributed by atoms with Crippen molar-refractivity contribution in [2.45, 2.75) is 27.7 Å². The highest BCUT2D eigenvalue weighted by molar-refractivity contribution is 7.18. The topological polar surface area (TPSA) is 0 Å². The molecule has 1 unspecified atom stereocenters. The lowest BCUT2D eigenvalue weighted by Crippen LogP contribution is -2.71. The van der Waals surface area contributed by atoms with E-state index >= 15 is 0 Å². The van der Waals surface area contributed by atoms with Gasteiger partial charge in [0.2, 0.25) is 0 Å². The van der Waals surface area contributed by atoms with E-state index < -0.39 is 8.07 Å². The summed E-state index contributed by atoms with van der Waals surface area (Å²) in [6.07, 6.45) is 0. The molecule has 308 valence electrons. The van der Waals surface area contributed by atoms with Crippen LogP contribution in [0.15, 0.2) is 259 Å². The summed E-state index contributed by atoms with van der Waals surface area (Å²) in [6, 6.07) is 88.4. The SMILES string of the molecule is CC1=C(C)C(C)C([Si](c2ccc(-c3ccccc3)cc2-c2ccccc2)(c2ccc(-c3ccccc3)cc2-c2ccccc2)c2ccc(-c3ccccc3)cc2-c2ccccc2)=C1C. The Hall–Kier alpha value is -7.32. The predicted molar refractivity (Wildman–Crippen MR) is 277 cm³/mol. The van der Waals surface area contributed by atoms with E-state index in [1.165, 1.54) is 99.0 Å². The number of benzene rings is 9. The molecule has 1 aliphatic carbocycles. The molecule has 0 aromatic heterocycles. The van der Waals surface area contributed by atoms with E-state index in [0.29, 0.717) is 0 Å². The molecule has 0 radical (unpaired) electrons. The first-order valence-corrected chi connectivity index (χ1v) is 24.6. The van der Waals surface area contributed by atoms with Crippen molar-refractivity contribution in [2.75, 3.05) is 0 Å². The Labute approximate surface area is 380 Å². The zero-order chi connectivity index (χ0) is 43.6. The fourth-order valence-electron chi connectivity index (χ4n) is 10.5. The van der Waals surface area contributed by atoms with Gasteiger partial charge in [0.1, 0.15) is 0 Å². The van der Waals surface area contributed by atoms with Gasteiger partial charge in [0.05, 0.1) is 0 Å². The fraction of sp³-hybridized carbons (Fsp3) is 0.0794. The van der Waals surface area contributed by atoms with Crippen molar-refractivity contribution in [1.29, 1.82) is 0 Å². The molecule has 0 fully saturated rings. The van der Waals surface area contributed by atoms with E-state index in [9.17, 15) is 0 Å². The minimum absolute atomic E-state index is 0.207. The third-order valence-corrected chi connectivity index (χ3v) is 19.2.